The molecule has 1 rings (SSSR count). The fourth-order valence-electron chi connectivity index (χ4n) is 2.29. The van der Waals surface area contributed by atoms with E-state index in [0.29, 0.717) is 0 Å². The Kier molecular flexibility index (Phi) is 5.12. The number of halogens is 1. The molecule has 6 heteroatoms. The van der Waals surface area contributed by atoms with E-state index in [4.69, 9.17) is 10.6 Å². The van der Waals surface area contributed by atoms with E-state index in [1.807, 2.05) is 11.7 Å². The molecule has 1 unspecified atom stereocenters. The molecular weight excluding hydrogens is 284 g/mol. The highest BCUT2D eigenvalue weighted by Gasteiger charge is 2.39. The summed E-state index contributed by atoms with van der Waals surface area (Å²) < 4.78 is 8.47. The molecule has 1 atom stereocenters. The predicted molar refractivity (Wildman–Crippen MR) is 71.3 cm³/mol. The van der Waals surface area contributed by atoms with Gasteiger partial charge >= 0.3 is 0 Å². The number of nitrogens with one attached hydrogen (secondary N) is 1. The third kappa shape index (κ3) is 2.54. The summed E-state index contributed by atoms with van der Waals surface area (Å²) in [6.07, 6.45) is 3.50. The van der Waals surface area contributed by atoms with Gasteiger partial charge in [0.2, 0.25) is 0 Å². The zero-order chi connectivity index (χ0) is 13.1. The van der Waals surface area contributed by atoms with E-state index in [0.717, 1.165) is 23.0 Å². The van der Waals surface area contributed by atoms with Gasteiger partial charge in [0.05, 0.1) is 28.0 Å². The summed E-state index contributed by atoms with van der Waals surface area (Å²) in [6, 6.07) is -0.107. The van der Waals surface area contributed by atoms with Crippen LogP contribution in [0.1, 0.15) is 38.4 Å². The van der Waals surface area contributed by atoms with Gasteiger partial charge in [0, 0.05) is 14.2 Å². The molecule has 0 aliphatic heterocycles. The minimum Gasteiger partial charge on any atom is -0.376 e. The minimum atomic E-state index is -0.328. The molecule has 0 bridgehead atoms. The first kappa shape index (κ1) is 14.6. The van der Waals surface area contributed by atoms with Gasteiger partial charge < -0.3 is 4.74 Å². The molecule has 0 saturated carbocycles. The first-order valence-electron chi connectivity index (χ1n) is 5.75. The molecule has 17 heavy (non-hydrogen) atoms. The van der Waals surface area contributed by atoms with Crippen molar-refractivity contribution in [1.82, 2.24) is 15.2 Å². The van der Waals surface area contributed by atoms with E-state index in [1.165, 1.54) is 0 Å². The standard InChI is InChI=1S/C11H21BrN4O/c1-5-11(6-2,17-4)10(15-13)9-8(12)7-14-16(9)3/h7,10,15H,5-6,13H2,1-4H3. The number of nitrogens with zero attached hydrogens (tertiary/aromatic N) is 2. The molecule has 0 aromatic carbocycles. The highest BCUT2D eigenvalue weighted by atomic mass is 79.9. The molecule has 1 aromatic rings. The van der Waals surface area contributed by atoms with Gasteiger partial charge in [0.1, 0.15) is 0 Å². The van der Waals surface area contributed by atoms with Crippen LogP contribution in [-0.2, 0) is 11.8 Å². The average Bonchev–Trinajstić information content (AvgIpc) is 2.67. The smallest absolute Gasteiger partial charge is 0.0929 e. The van der Waals surface area contributed by atoms with Gasteiger partial charge in [0.25, 0.3) is 0 Å². The molecule has 3 N–H and O–H groups in total. The lowest BCUT2D eigenvalue weighted by Crippen LogP contribution is -2.48. The van der Waals surface area contributed by atoms with E-state index in [9.17, 15) is 0 Å². The maximum atomic E-state index is 5.72. The van der Waals surface area contributed by atoms with Gasteiger partial charge in [-0.05, 0) is 28.8 Å². The molecule has 0 aliphatic rings. The Morgan fingerprint density at radius 2 is 2.18 bits per heavy atom. The highest BCUT2D eigenvalue weighted by molar-refractivity contribution is 9.10. The van der Waals surface area contributed by atoms with Crippen LogP contribution in [0.5, 0.6) is 0 Å². The number of ether oxygens (including phenoxy) is 1. The molecule has 0 amide bonds. The Hall–Kier alpha value is -0.430. The monoisotopic (exact) mass is 304 g/mol. The number of aryl methyl sites for hydroxylation is 1. The molecule has 1 heterocycles. The van der Waals surface area contributed by atoms with Gasteiger partial charge in [-0.15, -0.1) is 0 Å². The van der Waals surface area contributed by atoms with E-state index in [-0.39, 0.29) is 11.6 Å². The maximum absolute atomic E-state index is 5.72. The summed E-state index contributed by atoms with van der Waals surface area (Å²) in [5.41, 5.74) is 3.53. The Labute approximate surface area is 111 Å². The van der Waals surface area contributed by atoms with E-state index in [1.54, 1.807) is 13.3 Å². The zero-order valence-corrected chi connectivity index (χ0v) is 12.4. The van der Waals surface area contributed by atoms with Crippen molar-refractivity contribution in [1.29, 1.82) is 0 Å². The molecule has 0 spiro atoms. The van der Waals surface area contributed by atoms with E-state index < -0.39 is 0 Å². The number of hydrogen-bond donors (Lipinski definition) is 2. The Morgan fingerprint density at radius 1 is 1.59 bits per heavy atom. The van der Waals surface area contributed by atoms with Gasteiger partial charge in [-0.2, -0.15) is 5.10 Å². The maximum Gasteiger partial charge on any atom is 0.0929 e. The zero-order valence-electron chi connectivity index (χ0n) is 10.8. The van der Waals surface area contributed by atoms with Crippen LogP contribution in [0.15, 0.2) is 10.7 Å². The first-order valence-corrected chi connectivity index (χ1v) is 6.54. The van der Waals surface area contributed by atoms with Crippen molar-refractivity contribution in [2.24, 2.45) is 12.9 Å². The van der Waals surface area contributed by atoms with Gasteiger partial charge in [0.15, 0.2) is 0 Å². The number of rotatable bonds is 6. The largest absolute Gasteiger partial charge is 0.376 e. The van der Waals surface area contributed by atoms with Crippen molar-refractivity contribution in [3.05, 3.63) is 16.4 Å². The molecule has 0 aliphatic carbocycles. The second-order valence-electron chi connectivity index (χ2n) is 4.08. The molecule has 98 valence electrons. The van der Waals surface area contributed by atoms with Crippen molar-refractivity contribution in [2.45, 2.75) is 38.3 Å². The second kappa shape index (κ2) is 5.95. The molecule has 0 radical (unpaired) electrons. The summed E-state index contributed by atoms with van der Waals surface area (Å²) >= 11 is 3.50. The van der Waals surface area contributed by atoms with Crippen molar-refractivity contribution in [3.8, 4) is 0 Å². The second-order valence-corrected chi connectivity index (χ2v) is 4.93. The van der Waals surface area contributed by atoms with Crippen LogP contribution in [0.4, 0.5) is 0 Å². The topological polar surface area (TPSA) is 65.1 Å². The quantitative estimate of drug-likeness (QED) is 0.622. The van der Waals surface area contributed by atoms with E-state index >= 15 is 0 Å². The Bertz CT molecular complexity index is 335. The minimum absolute atomic E-state index is 0.107. The van der Waals surface area contributed by atoms with Crippen LogP contribution in [-0.4, -0.2) is 22.5 Å². The lowest BCUT2D eigenvalue weighted by atomic mass is 9.86. The summed E-state index contributed by atoms with van der Waals surface area (Å²) in [5.74, 6) is 5.72. The van der Waals surface area contributed by atoms with Crippen LogP contribution in [0, 0.1) is 0 Å². The number of aromatic nitrogens is 2. The fraction of sp³-hybridized carbons (Fsp3) is 0.727. The Morgan fingerprint density at radius 3 is 2.47 bits per heavy atom. The molecule has 0 fully saturated rings. The van der Waals surface area contributed by atoms with Crippen molar-refractivity contribution >= 4 is 15.9 Å². The number of hydrogen-bond acceptors (Lipinski definition) is 4. The van der Waals surface area contributed by atoms with Crippen LogP contribution in [0.2, 0.25) is 0 Å². The summed E-state index contributed by atoms with van der Waals surface area (Å²) in [5, 5.41) is 4.22. The summed E-state index contributed by atoms with van der Waals surface area (Å²) in [7, 11) is 3.62. The van der Waals surface area contributed by atoms with Gasteiger partial charge in [-0.25, -0.2) is 5.43 Å². The summed E-state index contributed by atoms with van der Waals surface area (Å²) in [6.45, 7) is 4.20. The normalized spacial score (nSPS) is 14.0. The molecule has 1 aromatic heterocycles. The fourth-order valence-corrected chi connectivity index (χ4v) is 2.87. The lowest BCUT2D eigenvalue weighted by molar-refractivity contribution is -0.0507. The van der Waals surface area contributed by atoms with Crippen LogP contribution >= 0.6 is 15.9 Å². The number of methoxy groups -OCH3 is 1. The highest BCUT2D eigenvalue weighted by Crippen LogP contribution is 2.37. The third-order valence-electron chi connectivity index (χ3n) is 3.51. The van der Waals surface area contributed by atoms with Crippen LogP contribution in [0.25, 0.3) is 0 Å². The number of nitrogens with two attached hydrogens (primary N) is 1. The van der Waals surface area contributed by atoms with Crippen molar-refractivity contribution in [3.63, 3.8) is 0 Å². The Balaban J connectivity index is 3.22. The van der Waals surface area contributed by atoms with Gasteiger partial charge in [-0.3, -0.25) is 10.5 Å². The van der Waals surface area contributed by atoms with Gasteiger partial charge in [-0.1, -0.05) is 13.8 Å². The number of hydrazine groups is 1. The summed E-state index contributed by atoms with van der Waals surface area (Å²) in [4.78, 5) is 0. The third-order valence-corrected chi connectivity index (χ3v) is 4.12. The molecular formula is C11H21BrN4O. The predicted octanol–water partition coefficient (Wildman–Crippen LogP) is 1.89. The SMILES string of the molecule is CCC(CC)(OC)C(NN)c1c(Br)cnn1C. The van der Waals surface area contributed by atoms with Crippen LogP contribution in [0.3, 0.4) is 0 Å². The van der Waals surface area contributed by atoms with E-state index in [2.05, 4.69) is 40.3 Å². The van der Waals surface area contributed by atoms with Crippen LogP contribution < -0.4 is 11.3 Å². The molecule has 5 nitrogen and oxygen atoms in total. The van der Waals surface area contributed by atoms with Crippen molar-refractivity contribution in [2.75, 3.05) is 7.11 Å². The average molecular weight is 305 g/mol. The lowest BCUT2D eigenvalue weighted by Gasteiger charge is -2.38. The molecule has 0 saturated heterocycles. The van der Waals surface area contributed by atoms with Crippen molar-refractivity contribution < 1.29 is 4.74 Å². The first-order chi connectivity index (χ1) is 8.06.